The molecule has 3 rings (SSSR count). The highest BCUT2D eigenvalue weighted by atomic mass is 32.2. The molecule has 1 amide bonds. The number of carbonyl (C=O) groups excluding carboxylic acids is 1. The second-order valence-electron chi connectivity index (χ2n) is 6.73. The summed E-state index contributed by atoms with van der Waals surface area (Å²) in [4.78, 5) is 12.0. The van der Waals surface area contributed by atoms with Gasteiger partial charge in [-0.3, -0.25) is 4.79 Å². The van der Waals surface area contributed by atoms with Crippen LogP contribution in [-0.4, -0.2) is 27.1 Å². The van der Waals surface area contributed by atoms with Crippen LogP contribution in [0.5, 0.6) is 11.5 Å². The van der Waals surface area contributed by atoms with E-state index in [1.807, 2.05) is 0 Å². The molecule has 3 aromatic rings. The predicted molar refractivity (Wildman–Crippen MR) is 118 cm³/mol. The molecule has 0 bridgehead atoms. The van der Waals surface area contributed by atoms with Gasteiger partial charge in [-0.1, -0.05) is 24.3 Å². The Balaban J connectivity index is 1.76. The van der Waals surface area contributed by atoms with Crippen molar-refractivity contribution >= 4 is 22.2 Å². The zero-order valence-electron chi connectivity index (χ0n) is 17.7. The van der Waals surface area contributed by atoms with E-state index in [9.17, 15) is 26.4 Å². The third-order valence-electron chi connectivity index (χ3n) is 4.39. The molecule has 0 atom stereocenters. The van der Waals surface area contributed by atoms with Crippen molar-refractivity contribution in [1.29, 1.82) is 0 Å². The van der Waals surface area contributed by atoms with Gasteiger partial charge in [0.15, 0.2) is 5.75 Å². The van der Waals surface area contributed by atoms with Crippen LogP contribution in [0.3, 0.4) is 0 Å². The summed E-state index contributed by atoms with van der Waals surface area (Å²) in [7, 11) is -4.43. The first-order chi connectivity index (χ1) is 16.1. The van der Waals surface area contributed by atoms with Crippen molar-refractivity contribution in [3.63, 3.8) is 0 Å². The molecule has 0 radical (unpaired) electrons. The van der Waals surface area contributed by atoms with Crippen molar-refractivity contribution in [2.45, 2.75) is 18.0 Å². The van der Waals surface area contributed by atoms with Gasteiger partial charge in [0.05, 0.1) is 23.9 Å². The number of hydrogen-bond donors (Lipinski definition) is 1. The summed E-state index contributed by atoms with van der Waals surface area (Å²) in [6.45, 7) is 2.15. The Hall–Kier alpha value is -3.86. The monoisotopic (exact) mass is 492 g/mol. The topological polar surface area (TPSA) is 94.1 Å². The van der Waals surface area contributed by atoms with Crippen molar-refractivity contribution in [1.82, 2.24) is 5.43 Å². The van der Waals surface area contributed by atoms with Crippen molar-refractivity contribution in [2.75, 3.05) is 6.61 Å². The van der Waals surface area contributed by atoms with E-state index in [1.165, 1.54) is 24.4 Å². The standard InChI is InChI=1S/C23H19F3N2O5S/c1-2-32-21-10-6-4-8-19(21)22(29)28-27-15-16-7-3-5-9-20(16)33-34(30,31)18-13-11-17(12-14-18)23(24,25)26/h3-15H,2H2,1H3,(H,28,29)/b27-15+. The molecule has 178 valence electrons. The first-order valence-electron chi connectivity index (χ1n) is 9.88. The lowest BCUT2D eigenvalue weighted by molar-refractivity contribution is -0.137. The van der Waals surface area contributed by atoms with Gasteiger partial charge in [-0.2, -0.15) is 26.7 Å². The third-order valence-corrected chi connectivity index (χ3v) is 5.64. The van der Waals surface area contributed by atoms with Crippen LogP contribution in [0, 0.1) is 0 Å². The van der Waals surface area contributed by atoms with E-state index in [4.69, 9.17) is 8.92 Å². The third kappa shape index (κ3) is 6.13. The number of halogens is 3. The van der Waals surface area contributed by atoms with Crippen LogP contribution in [0.25, 0.3) is 0 Å². The maximum Gasteiger partial charge on any atom is 0.416 e. The summed E-state index contributed by atoms with van der Waals surface area (Å²) in [5.74, 6) is -0.296. The highest BCUT2D eigenvalue weighted by Gasteiger charge is 2.31. The van der Waals surface area contributed by atoms with Gasteiger partial charge in [-0.05, 0) is 55.5 Å². The SMILES string of the molecule is CCOc1ccccc1C(=O)N/N=C/c1ccccc1OS(=O)(=O)c1ccc(C(F)(F)F)cc1. The second kappa shape index (κ2) is 10.4. The van der Waals surface area contributed by atoms with Gasteiger partial charge in [-0.25, -0.2) is 5.43 Å². The lowest BCUT2D eigenvalue weighted by atomic mass is 10.2. The fourth-order valence-electron chi connectivity index (χ4n) is 2.80. The summed E-state index contributed by atoms with van der Waals surface area (Å²) in [6, 6.07) is 15.4. The Bertz CT molecular complexity index is 1290. The number of hydrogen-bond acceptors (Lipinski definition) is 6. The van der Waals surface area contributed by atoms with E-state index in [-0.39, 0.29) is 16.9 Å². The summed E-state index contributed by atoms with van der Waals surface area (Å²) in [5, 5.41) is 3.84. The molecule has 0 aromatic heterocycles. The van der Waals surface area contributed by atoms with Crippen LogP contribution < -0.4 is 14.3 Å². The van der Waals surface area contributed by atoms with Gasteiger partial charge in [0, 0.05) is 5.56 Å². The van der Waals surface area contributed by atoms with Crippen molar-refractivity contribution < 1.29 is 35.3 Å². The molecular weight excluding hydrogens is 473 g/mol. The molecule has 0 unspecified atom stereocenters. The smallest absolute Gasteiger partial charge is 0.416 e. The summed E-state index contributed by atoms with van der Waals surface area (Å²) >= 11 is 0. The minimum atomic E-state index is -4.60. The predicted octanol–water partition coefficient (Wildman–Crippen LogP) is 4.64. The molecule has 0 aliphatic rings. The largest absolute Gasteiger partial charge is 0.493 e. The van der Waals surface area contributed by atoms with Crippen LogP contribution in [-0.2, 0) is 16.3 Å². The molecule has 3 aromatic carbocycles. The average Bonchev–Trinajstić information content (AvgIpc) is 2.80. The van der Waals surface area contributed by atoms with Crippen molar-refractivity contribution in [3.05, 3.63) is 89.5 Å². The molecule has 0 heterocycles. The van der Waals surface area contributed by atoms with Gasteiger partial charge < -0.3 is 8.92 Å². The quantitative estimate of drug-likeness (QED) is 0.281. The summed E-state index contributed by atoms with van der Waals surface area (Å²) in [6.07, 6.45) is -3.42. The number of benzene rings is 3. The van der Waals surface area contributed by atoms with Gasteiger partial charge >= 0.3 is 16.3 Å². The van der Waals surface area contributed by atoms with Gasteiger partial charge in [0.1, 0.15) is 10.6 Å². The van der Waals surface area contributed by atoms with E-state index in [0.717, 1.165) is 12.1 Å². The molecule has 0 spiro atoms. The molecule has 11 heteroatoms. The van der Waals surface area contributed by atoms with Crippen LogP contribution >= 0.6 is 0 Å². The molecule has 0 aliphatic carbocycles. The molecule has 0 saturated heterocycles. The van der Waals surface area contributed by atoms with Crippen molar-refractivity contribution in [3.8, 4) is 11.5 Å². The molecule has 1 N–H and O–H groups in total. The van der Waals surface area contributed by atoms with Crippen LogP contribution in [0.4, 0.5) is 13.2 Å². The highest BCUT2D eigenvalue weighted by Crippen LogP contribution is 2.30. The fourth-order valence-corrected chi connectivity index (χ4v) is 3.75. The first-order valence-corrected chi connectivity index (χ1v) is 11.3. The van der Waals surface area contributed by atoms with Gasteiger partial charge in [0.2, 0.25) is 0 Å². The maximum absolute atomic E-state index is 12.7. The van der Waals surface area contributed by atoms with Crippen molar-refractivity contribution in [2.24, 2.45) is 5.10 Å². The van der Waals surface area contributed by atoms with Gasteiger partial charge in [0.25, 0.3) is 5.91 Å². The van der Waals surface area contributed by atoms with Gasteiger partial charge in [-0.15, -0.1) is 0 Å². The number of amides is 1. The highest BCUT2D eigenvalue weighted by molar-refractivity contribution is 7.87. The van der Waals surface area contributed by atoms with E-state index in [0.29, 0.717) is 24.5 Å². The average molecular weight is 492 g/mol. The second-order valence-corrected chi connectivity index (χ2v) is 8.27. The Morgan fingerprint density at radius 3 is 2.24 bits per heavy atom. The Kier molecular flexibility index (Phi) is 7.57. The Morgan fingerprint density at radius 2 is 1.59 bits per heavy atom. The van der Waals surface area contributed by atoms with E-state index in [2.05, 4.69) is 10.5 Å². The Labute approximate surface area is 194 Å². The van der Waals surface area contributed by atoms with Crippen LogP contribution in [0.1, 0.15) is 28.4 Å². The first kappa shape index (κ1) is 24.8. The number of ether oxygens (including phenoxy) is 1. The van der Waals surface area contributed by atoms with E-state index < -0.39 is 32.7 Å². The number of alkyl halides is 3. The number of nitrogens with one attached hydrogen (secondary N) is 1. The number of nitrogens with zero attached hydrogens (tertiary/aromatic N) is 1. The van der Waals surface area contributed by atoms with E-state index in [1.54, 1.807) is 37.3 Å². The zero-order valence-corrected chi connectivity index (χ0v) is 18.6. The summed E-state index contributed by atoms with van der Waals surface area (Å²) < 4.78 is 73.8. The molecule has 34 heavy (non-hydrogen) atoms. The van der Waals surface area contributed by atoms with Crippen LogP contribution in [0.2, 0.25) is 0 Å². The number of para-hydroxylation sites is 2. The normalized spacial score (nSPS) is 11.9. The fraction of sp³-hybridized carbons (Fsp3) is 0.130. The molecule has 0 saturated carbocycles. The molecule has 0 aliphatic heterocycles. The summed E-state index contributed by atoms with van der Waals surface area (Å²) in [5.41, 5.74) is 1.81. The number of hydrazone groups is 1. The Morgan fingerprint density at radius 1 is 0.971 bits per heavy atom. The lowest BCUT2D eigenvalue weighted by Crippen LogP contribution is -2.19. The number of rotatable bonds is 8. The molecule has 0 fully saturated rings. The molecular formula is C23H19F3N2O5S. The minimum Gasteiger partial charge on any atom is -0.493 e. The maximum atomic E-state index is 12.7. The minimum absolute atomic E-state index is 0.130. The molecule has 7 nitrogen and oxygen atoms in total. The zero-order chi connectivity index (χ0) is 24.8. The number of carbonyl (C=O) groups is 1. The van der Waals surface area contributed by atoms with Crippen LogP contribution in [0.15, 0.2) is 82.8 Å². The lowest BCUT2D eigenvalue weighted by Gasteiger charge is -2.11. The van der Waals surface area contributed by atoms with E-state index >= 15 is 0 Å².